The van der Waals surface area contributed by atoms with Crippen molar-refractivity contribution in [1.82, 2.24) is 5.32 Å². The van der Waals surface area contributed by atoms with Gasteiger partial charge in [0.05, 0.1) is 12.0 Å². The number of hydrogen-bond donors (Lipinski definition) is 2. The van der Waals surface area contributed by atoms with E-state index in [-0.39, 0.29) is 12.4 Å². The Hall–Kier alpha value is -2.17. The Labute approximate surface area is 122 Å². The molecule has 0 aliphatic heterocycles. The second-order valence-electron chi connectivity index (χ2n) is 4.87. The maximum absolute atomic E-state index is 14.1. The fourth-order valence-electron chi connectivity index (χ4n) is 2.31. The van der Waals surface area contributed by atoms with Crippen molar-refractivity contribution in [2.45, 2.75) is 6.54 Å². The highest BCUT2D eigenvalue weighted by molar-refractivity contribution is 5.84. The lowest BCUT2D eigenvalue weighted by Gasteiger charge is -2.03. The summed E-state index contributed by atoms with van der Waals surface area (Å²) in [5.74, 6) is 0.365. The molecule has 0 spiro atoms. The predicted molar refractivity (Wildman–Crippen MR) is 80.4 cm³/mol. The van der Waals surface area contributed by atoms with E-state index in [0.717, 1.165) is 11.1 Å². The fourth-order valence-corrected chi connectivity index (χ4v) is 2.31. The Morgan fingerprint density at radius 2 is 1.90 bits per heavy atom. The molecule has 0 unspecified atom stereocenters. The highest BCUT2D eigenvalue weighted by atomic mass is 19.1. The van der Waals surface area contributed by atoms with Crippen molar-refractivity contribution in [2.75, 3.05) is 13.2 Å². The third kappa shape index (κ3) is 2.96. The van der Waals surface area contributed by atoms with Crippen molar-refractivity contribution < 1.29 is 13.9 Å². The maximum Gasteiger partial charge on any atom is 0.138 e. The summed E-state index contributed by atoms with van der Waals surface area (Å²) in [7, 11) is 0. The van der Waals surface area contributed by atoms with Crippen LogP contribution in [0.2, 0.25) is 0 Å². The molecule has 3 aromatic rings. The molecule has 0 aliphatic carbocycles. The molecule has 0 fully saturated rings. The van der Waals surface area contributed by atoms with Crippen LogP contribution in [-0.2, 0) is 6.54 Å². The van der Waals surface area contributed by atoms with Gasteiger partial charge in [-0.15, -0.1) is 0 Å². The molecule has 1 aromatic heterocycles. The molecule has 108 valence electrons. The highest BCUT2D eigenvalue weighted by Gasteiger charge is 2.11. The lowest BCUT2D eigenvalue weighted by Crippen LogP contribution is -2.17. The van der Waals surface area contributed by atoms with E-state index in [1.807, 2.05) is 36.4 Å². The monoisotopic (exact) mass is 285 g/mol. The van der Waals surface area contributed by atoms with Crippen LogP contribution < -0.4 is 5.32 Å². The lowest BCUT2D eigenvalue weighted by molar-refractivity contribution is 0.292. The molecule has 3 rings (SSSR count). The second-order valence-corrected chi connectivity index (χ2v) is 4.87. The van der Waals surface area contributed by atoms with E-state index in [0.29, 0.717) is 29.8 Å². The summed E-state index contributed by atoms with van der Waals surface area (Å²) in [5, 5.41) is 12.3. The molecule has 0 atom stereocenters. The zero-order valence-corrected chi connectivity index (χ0v) is 11.5. The normalized spacial score (nSPS) is 11.1. The van der Waals surface area contributed by atoms with E-state index in [1.54, 1.807) is 6.07 Å². The van der Waals surface area contributed by atoms with Gasteiger partial charge in [-0.25, -0.2) is 4.39 Å². The third-order valence-electron chi connectivity index (χ3n) is 3.32. The Bertz CT molecular complexity index is 737. The van der Waals surface area contributed by atoms with Crippen LogP contribution in [0.3, 0.4) is 0 Å². The Kier molecular flexibility index (Phi) is 3.99. The largest absolute Gasteiger partial charge is 0.456 e. The summed E-state index contributed by atoms with van der Waals surface area (Å²) in [6, 6.07) is 14.7. The van der Waals surface area contributed by atoms with Crippen molar-refractivity contribution in [1.29, 1.82) is 0 Å². The van der Waals surface area contributed by atoms with Crippen LogP contribution in [0, 0.1) is 5.82 Å². The van der Waals surface area contributed by atoms with E-state index in [2.05, 4.69) is 5.32 Å². The number of nitrogens with one attached hydrogen (secondary N) is 1. The van der Waals surface area contributed by atoms with Crippen LogP contribution in [-0.4, -0.2) is 18.3 Å². The molecule has 4 heteroatoms. The SMILES string of the molecule is OCCNCc1cc(F)c2cc(-c3ccccc3)oc2c1. The molecular formula is C17H16FNO2. The number of fused-ring (bicyclic) bond motifs is 1. The van der Waals surface area contributed by atoms with Crippen molar-refractivity contribution >= 4 is 11.0 Å². The van der Waals surface area contributed by atoms with Crippen LogP contribution in [0.25, 0.3) is 22.3 Å². The summed E-state index contributed by atoms with van der Waals surface area (Å²) in [4.78, 5) is 0. The maximum atomic E-state index is 14.1. The molecular weight excluding hydrogens is 269 g/mol. The molecule has 2 aromatic carbocycles. The standard InChI is InChI=1S/C17H16FNO2/c18-15-8-12(11-19-6-7-20)9-17-14(15)10-16(21-17)13-4-2-1-3-5-13/h1-5,8-10,19-20H,6-7,11H2. The zero-order chi connectivity index (χ0) is 14.7. The van der Waals surface area contributed by atoms with Gasteiger partial charge in [0.2, 0.25) is 0 Å². The Balaban J connectivity index is 1.95. The Morgan fingerprint density at radius 1 is 1.10 bits per heavy atom. The van der Waals surface area contributed by atoms with Gasteiger partial charge in [-0.3, -0.25) is 0 Å². The van der Waals surface area contributed by atoms with Gasteiger partial charge in [0, 0.05) is 18.7 Å². The molecule has 3 nitrogen and oxygen atoms in total. The predicted octanol–water partition coefficient (Wildman–Crippen LogP) is 3.32. The van der Waals surface area contributed by atoms with Crippen molar-refractivity contribution in [3.63, 3.8) is 0 Å². The quantitative estimate of drug-likeness (QED) is 0.707. The molecule has 0 saturated carbocycles. The van der Waals surface area contributed by atoms with E-state index in [1.165, 1.54) is 6.07 Å². The van der Waals surface area contributed by atoms with Crippen LogP contribution in [0.1, 0.15) is 5.56 Å². The summed E-state index contributed by atoms with van der Waals surface area (Å²) in [6.45, 7) is 1.03. The molecule has 21 heavy (non-hydrogen) atoms. The molecule has 1 heterocycles. The van der Waals surface area contributed by atoms with Gasteiger partial charge in [-0.2, -0.15) is 0 Å². The van der Waals surface area contributed by atoms with Gasteiger partial charge in [0.1, 0.15) is 17.2 Å². The van der Waals surface area contributed by atoms with E-state index < -0.39 is 0 Å². The smallest absolute Gasteiger partial charge is 0.138 e. The van der Waals surface area contributed by atoms with Gasteiger partial charge >= 0.3 is 0 Å². The number of rotatable bonds is 5. The first kappa shape index (κ1) is 13.8. The molecule has 0 amide bonds. The molecule has 2 N–H and O–H groups in total. The third-order valence-corrected chi connectivity index (χ3v) is 3.32. The number of benzene rings is 2. The molecule has 0 radical (unpaired) electrons. The number of aliphatic hydroxyl groups is 1. The van der Waals surface area contributed by atoms with Crippen LogP contribution >= 0.6 is 0 Å². The average Bonchev–Trinajstić information content (AvgIpc) is 2.93. The fraction of sp³-hybridized carbons (Fsp3) is 0.176. The topological polar surface area (TPSA) is 45.4 Å². The van der Waals surface area contributed by atoms with E-state index >= 15 is 0 Å². The number of halogens is 1. The number of aliphatic hydroxyl groups excluding tert-OH is 1. The minimum Gasteiger partial charge on any atom is -0.456 e. The highest BCUT2D eigenvalue weighted by Crippen LogP contribution is 2.30. The first-order valence-corrected chi connectivity index (χ1v) is 6.87. The van der Waals surface area contributed by atoms with Crippen LogP contribution in [0.4, 0.5) is 4.39 Å². The van der Waals surface area contributed by atoms with Gasteiger partial charge in [0.25, 0.3) is 0 Å². The molecule has 0 aliphatic rings. The van der Waals surface area contributed by atoms with Crippen LogP contribution in [0.5, 0.6) is 0 Å². The summed E-state index contributed by atoms with van der Waals surface area (Å²) in [5.41, 5.74) is 2.25. The minimum absolute atomic E-state index is 0.0592. The summed E-state index contributed by atoms with van der Waals surface area (Å²) >= 11 is 0. The van der Waals surface area contributed by atoms with Crippen LogP contribution in [0.15, 0.2) is 52.9 Å². The minimum atomic E-state index is -0.292. The van der Waals surface area contributed by atoms with Crippen molar-refractivity contribution in [3.8, 4) is 11.3 Å². The number of hydrogen-bond acceptors (Lipinski definition) is 3. The summed E-state index contributed by atoms with van der Waals surface area (Å²) in [6.07, 6.45) is 0. The van der Waals surface area contributed by atoms with Gasteiger partial charge in [-0.1, -0.05) is 30.3 Å². The molecule has 0 saturated heterocycles. The zero-order valence-electron chi connectivity index (χ0n) is 11.5. The van der Waals surface area contributed by atoms with Gasteiger partial charge in [0.15, 0.2) is 0 Å². The molecule has 0 bridgehead atoms. The first-order valence-electron chi connectivity index (χ1n) is 6.87. The van der Waals surface area contributed by atoms with Crippen molar-refractivity contribution in [2.24, 2.45) is 0 Å². The number of furan rings is 1. The first-order chi connectivity index (χ1) is 10.3. The second kappa shape index (κ2) is 6.08. The van der Waals surface area contributed by atoms with E-state index in [9.17, 15) is 4.39 Å². The van der Waals surface area contributed by atoms with Crippen molar-refractivity contribution in [3.05, 3.63) is 59.9 Å². The summed E-state index contributed by atoms with van der Waals surface area (Å²) < 4.78 is 19.9. The van der Waals surface area contributed by atoms with Gasteiger partial charge < -0.3 is 14.8 Å². The average molecular weight is 285 g/mol. The Morgan fingerprint density at radius 3 is 2.67 bits per heavy atom. The lowest BCUT2D eigenvalue weighted by atomic mass is 10.1. The van der Waals surface area contributed by atoms with E-state index in [4.69, 9.17) is 9.52 Å². The van der Waals surface area contributed by atoms with Gasteiger partial charge in [-0.05, 0) is 23.8 Å².